The average molecular weight is 528 g/mol. The van der Waals surface area contributed by atoms with Gasteiger partial charge in [-0.3, -0.25) is 14.9 Å². The van der Waals surface area contributed by atoms with E-state index in [9.17, 15) is 28.6 Å². The molecule has 0 bridgehead atoms. The number of nitrogens with zero attached hydrogens (tertiary/aromatic N) is 2. The number of nitrogens with one attached hydrogen (secondary N) is 1. The number of nitriles is 1. The van der Waals surface area contributed by atoms with Crippen LogP contribution in [0.5, 0.6) is 5.75 Å². The molecule has 3 aromatic carbocycles. The Bertz CT molecular complexity index is 1400. The first kappa shape index (κ1) is 23.6. The minimum absolute atomic E-state index is 0.0465. The minimum Gasteiger partial charge on any atom is -0.379 e. The number of anilines is 1. The number of carbonyl (C=O) groups excluding carboxylic acids is 1. The van der Waals surface area contributed by atoms with Gasteiger partial charge in [0.05, 0.1) is 10.6 Å². The van der Waals surface area contributed by atoms with Crippen molar-refractivity contribution in [3.63, 3.8) is 0 Å². The van der Waals surface area contributed by atoms with Crippen molar-refractivity contribution in [1.29, 1.82) is 5.26 Å². The largest absolute Gasteiger partial charge is 0.379 e. The van der Waals surface area contributed by atoms with Gasteiger partial charge in [0.1, 0.15) is 22.3 Å². The zero-order valence-corrected chi connectivity index (χ0v) is 19.0. The summed E-state index contributed by atoms with van der Waals surface area (Å²) in [6.07, 6.45) is 1.34. The molecule has 0 unspecified atom stereocenters. The number of hydrogen-bond donors (Lipinski definition) is 1. The van der Waals surface area contributed by atoms with Gasteiger partial charge in [-0.15, -0.1) is 0 Å². The molecule has 0 heterocycles. The molecule has 0 aliphatic rings. The highest BCUT2D eigenvalue weighted by molar-refractivity contribution is 9.10. The Kier molecular flexibility index (Phi) is 7.22. The Morgan fingerprint density at radius 3 is 2.42 bits per heavy atom. The van der Waals surface area contributed by atoms with Crippen molar-refractivity contribution in [3.05, 3.63) is 98.5 Å². The van der Waals surface area contributed by atoms with Crippen LogP contribution in [0.15, 0.2) is 87.7 Å². The summed E-state index contributed by atoms with van der Waals surface area (Å²) in [6.45, 7) is 0. The third-order valence-corrected chi connectivity index (χ3v) is 6.14. The number of benzene rings is 3. The predicted octanol–water partition coefficient (Wildman–Crippen LogP) is 4.67. The molecule has 0 saturated heterocycles. The normalized spacial score (nSPS) is 11.3. The van der Waals surface area contributed by atoms with Crippen molar-refractivity contribution >= 4 is 49.4 Å². The monoisotopic (exact) mass is 527 g/mol. The lowest BCUT2D eigenvalue weighted by atomic mass is 10.1. The maximum absolute atomic E-state index is 12.4. The van der Waals surface area contributed by atoms with Crippen molar-refractivity contribution < 1.29 is 22.3 Å². The second-order valence-electron chi connectivity index (χ2n) is 6.46. The van der Waals surface area contributed by atoms with Crippen LogP contribution in [-0.2, 0) is 14.9 Å². The molecule has 0 aliphatic carbocycles. The van der Waals surface area contributed by atoms with Crippen LogP contribution in [0.4, 0.5) is 11.4 Å². The highest BCUT2D eigenvalue weighted by Gasteiger charge is 2.20. The van der Waals surface area contributed by atoms with E-state index in [1.807, 2.05) is 6.07 Å². The van der Waals surface area contributed by atoms with Gasteiger partial charge in [0.25, 0.3) is 11.6 Å². The van der Waals surface area contributed by atoms with Gasteiger partial charge in [-0.25, -0.2) is 0 Å². The smallest absolute Gasteiger partial charge is 0.339 e. The van der Waals surface area contributed by atoms with Crippen LogP contribution in [0.3, 0.4) is 0 Å². The van der Waals surface area contributed by atoms with Crippen LogP contribution >= 0.6 is 15.9 Å². The van der Waals surface area contributed by atoms with E-state index in [1.54, 1.807) is 24.3 Å². The van der Waals surface area contributed by atoms with Crippen LogP contribution < -0.4 is 9.50 Å². The number of carbonyl (C=O) groups is 1. The van der Waals surface area contributed by atoms with Crippen molar-refractivity contribution in [3.8, 4) is 11.8 Å². The van der Waals surface area contributed by atoms with Gasteiger partial charge in [0, 0.05) is 16.6 Å². The zero-order chi connectivity index (χ0) is 24.0. The van der Waals surface area contributed by atoms with E-state index in [-0.39, 0.29) is 21.9 Å². The third kappa shape index (κ3) is 6.03. The number of hydrogen-bond acceptors (Lipinski definition) is 7. The van der Waals surface area contributed by atoms with Gasteiger partial charge in [-0.05, 0) is 57.9 Å². The Morgan fingerprint density at radius 2 is 1.79 bits per heavy atom. The van der Waals surface area contributed by atoms with Crippen LogP contribution in [0, 0.1) is 21.4 Å². The quantitative estimate of drug-likeness (QED) is 0.155. The summed E-state index contributed by atoms with van der Waals surface area (Å²) in [5, 5.41) is 22.8. The minimum atomic E-state index is -4.30. The molecule has 3 rings (SSSR count). The maximum atomic E-state index is 12.4. The van der Waals surface area contributed by atoms with E-state index >= 15 is 0 Å². The number of rotatable bonds is 7. The molecule has 0 fully saturated rings. The summed E-state index contributed by atoms with van der Waals surface area (Å²) in [6, 6.07) is 18.8. The summed E-state index contributed by atoms with van der Waals surface area (Å²) in [7, 11) is -4.30. The van der Waals surface area contributed by atoms with E-state index in [0.29, 0.717) is 15.7 Å². The highest BCUT2D eigenvalue weighted by atomic mass is 79.9. The number of nitro benzene ring substituents is 1. The number of para-hydroxylation sites is 1. The van der Waals surface area contributed by atoms with E-state index in [1.165, 1.54) is 48.5 Å². The fraction of sp³-hybridized carbons (Fsp3) is 0. The summed E-state index contributed by atoms with van der Waals surface area (Å²) < 4.78 is 30.5. The molecule has 0 atom stereocenters. The van der Waals surface area contributed by atoms with Crippen LogP contribution in [0.2, 0.25) is 0 Å². The molecule has 0 spiro atoms. The Hall–Kier alpha value is -4.01. The van der Waals surface area contributed by atoms with Gasteiger partial charge in [-0.1, -0.05) is 30.3 Å². The summed E-state index contributed by atoms with van der Waals surface area (Å²) >= 11 is 3.31. The fourth-order valence-corrected chi connectivity index (χ4v) is 3.97. The summed E-state index contributed by atoms with van der Waals surface area (Å²) in [5.41, 5.74) is 0.404. The first-order valence-electron chi connectivity index (χ1n) is 9.16. The summed E-state index contributed by atoms with van der Waals surface area (Å²) in [4.78, 5) is 22.2. The van der Waals surface area contributed by atoms with E-state index < -0.39 is 20.9 Å². The molecular weight excluding hydrogens is 514 g/mol. The molecule has 9 nitrogen and oxygen atoms in total. The molecule has 0 radical (unpaired) electrons. The van der Waals surface area contributed by atoms with Crippen molar-refractivity contribution in [1.82, 2.24) is 0 Å². The highest BCUT2D eigenvalue weighted by Crippen LogP contribution is 2.24. The van der Waals surface area contributed by atoms with Gasteiger partial charge in [0.2, 0.25) is 0 Å². The standard InChI is InChI=1S/C22H14BrN3O6S/c23-20-6-1-2-7-21(20)25-22(27)16(14-24)12-15-8-10-18(11-9-15)32-33(30,31)19-5-3-4-17(13-19)26(28)29/h1-13H,(H,25,27)/b16-12+. The Balaban J connectivity index is 1.76. The fourth-order valence-electron chi connectivity index (χ4n) is 2.61. The second-order valence-corrected chi connectivity index (χ2v) is 8.87. The van der Waals surface area contributed by atoms with Crippen LogP contribution in [-0.4, -0.2) is 19.2 Å². The van der Waals surface area contributed by atoms with E-state index in [4.69, 9.17) is 4.18 Å². The maximum Gasteiger partial charge on any atom is 0.339 e. The van der Waals surface area contributed by atoms with Crippen LogP contribution in [0.25, 0.3) is 6.08 Å². The first-order chi connectivity index (χ1) is 15.7. The second kappa shape index (κ2) is 10.1. The van der Waals surface area contributed by atoms with Crippen molar-refractivity contribution in [2.75, 3.05) is 5.32 Å². The van der Waals surface area contributed by atoms with E-state index in [0.717, 1.165) is 6.07 Å². The summed E-state index contributed by atoms with van der Waals surface area (Å²) in [5.74, 6) is -0.659. The zero-order valence-electron chi connectivity index (χ0n) is 16.6. The molecule has 1 amide bonds. The molecule has 3 aromatic rings. The number of nitro groups is 1. The van der Waals surface area contributed by atoms with E-state index in [2.05, 4.69) is 21.2 Å². The average Bonchev–Trinajstić information content (AvgIpc) is 2.80. The lowest BCUT2D eigenvalue weighted by Gasteiger charge is -2.08. The van der Waals surface area contributed by atoms with Crippen molar-refractivity contribution in [2.45, 2.75) is 4.90 Å². The molecule has 33 heavy (non-hydrogen) atoms. The van der Waals surface area contributed by atoms with Gasteiger partial charge >= 0.3 is 10.1 Å². The van der Waals surface area contributed by atoms with Crippen LogP contribution in [0.1, 0.15) is 5.56 Å². The molecule has 0 aliphatic heterocycles. The van der Waals surface area contributed by atoms with Crippen molar-refractivity contribution in [2.24, 2.45) is 0 Å². The number of amides is 1. The molecule has 0 saturated carbocycles. The first-order valence-corrected chi connectivity index (χ1v) is 11.4. The van der Waals surface area contributed by atoms with Gasteiger partial charge < -0.3 is 9.50 Å². The number of non-ortho nitro benzene ring substituents is 1. The molecule has 1 N–H and O–H groups in total. The molecular formula is C22H14BrN3O6S. The SMILES string of the molecule is N#C/C(=C\c1ccc(OS(=O)(=O)c2cccc([N+](=O)[O-])c2)cc1)C(=O)Nc1ccccc1Br. The predicted molar refractivity (Wildman–Crippen MR) is 124 cm³/mol. The lowest BCUT2D eigenvalue weighted by molar-refractivity contribution is -0.385. The molecule has 166 valence electrons. The van der Waals surface area contributed by atoms with Gasteiger partial charge in [0.15, 0.2) is 0 Å². The van der Waals surface area contributed by atoms with Gasteiger partial charge in [-0.2, -0.15) is 13.7 Å². The molecule has 11 heteroatoms. The Labute approximate surface area is 197 Å². The Morgan fingerprint density at radius 1 is 1.09 bits per heavy atom. The molecule has 0 aromatic heterocycles. The topological polar surface area (TPSA) is 139 Å². The lowest BCUT2D eigenvalue weighted by Crippen LogP contribution is -2.13. The number of halogens is 1. The third-order valence-electron chi connectivity index (χ3n) is 4.20.